The molecule has 0 aromatic rings. The molecule has 1 aliphatic carbocycles. The van der Waals surface area contributed by atoms with Crippen molar-refractivity contribution in [1.29, 1.82) is 0 Å². The Hall–Kier alpha value is -0.480. The molecular weight excluding hydrogens is 220 g/mol. The van der Waals surface area contributed by atoms with Crippen LogP contribution in [-0.4, -0.2) is 30.0 Å². The van der Waals surface area contributed by atoms with Gasteiger partial charge in [-0.1, -0.05) is 12.5 Å². The number of nitrogens with two attached hydrogens (primary N) is 1. The summed E-state index contributed by atoms with van der Waals surface area (Å²) < 4.78 is 0. The number of carbonyl (C=O) groups excluding carboxylic acids is 1. The van der Waals surface area contributed by atoms with Gasteiger partial charge in [-0.2, -0.15) is 11.8 Å². The first-order chi connectivity index (χ1) is 7.74. The van der Waals surface area contributed by atoms with Crippen molar-refractivity contribution in [2.75, 3.05) is 18.1 Å². The third-order valence-electron chi connectivity index (χ3n) is 2.87. The highest BCUT2D eigenvalue weighted by molar-refractivity contribution is 7.99. The molecule has 4 heteroatoms. The van der Waals surface area contributed by atoms with Crippen molar-refractivity contribution in [3.05, 3.63) is 12.7 Å². The summed E-state index contributed by atoms with van der Waals surface area (Å²) in [6.07, 6.45) is 5.89. The van der Waals surface area contributed by atoms with Crippen LogP contribution in [0.15, 0.2) is 12.7 Å². The number of carbonyl (C=O) groups is 1. The molecule has 1 rings (SSSR count). The number of amides is 1. The molecule has 92 valence electrons. The van der Waals surface area contributed by atoms with E-state index in [-0.39, 0.29) is 17.9 Å². The summed E-state index contributed by atoms with van der Waals surface area (Å²) in [5.41, 5.74) is 5.86. The number of hydrogen-bond acceptors (Lipinski definition) is 3. The number of nitrogens with one attached hydrogen (secondary N) is 1. The molecule has 0 aromatic heterocycles. The smallest absolute Gasteiger partial charge is 0.223 e. The van der Waals surface area contributed by atoms with Crippen molar-refractivity contribution in [1.82, 2.24) is 5.32 Å². The van der Waals surface area contributed by atoms with E-state index in [1.54, 1.807) is 11.8 Å². The first-order valence-corrected chi connectivity index (χ1v) is 7.11. The van der Waals surface area contributed by atoms with Gasteiger partial charge >= 0.3 is 0 Å². The Balaban J connectivity index is 2.11. The maximum Gasteiger partial charge on any atom is 0.223 e. The second kappa shape index (κ2) is 7.74. The molecular formula is C12H22N2OS. The Morgan fingerprint density at radius 3 is 3.06 bits per heavy atom. The first-order valence-electron chi connectivity index (χ1n) is 5.96. The van der Waals surface area contributed by atoms with Crippen molar-refractivity contribution in [2.24, 2.45) is 11.7 Å². The first kappa shape index (κ1) is 13.6. The van der Waals surface area contributed by atoms with Gasteiger partial charge in [-0.15, -0.1) is 6.58 Å². The Labute approximate surface area is 102 Å². The van der Waals surface area contributed by atoms with Crippen LogP contribution in [0.2, 0.25) is 0 Å². The Kier molecular flexibility index (Phi) is 6.57. The minimum Gasteiger partial charge on any atom is -0.355 e. The standard InChI is InChI=1S/C12H22N2OS/c1-2-7-16-8-6-14-12(15)10-4-3-5-11(13)9-10/h2,10-11H,1,3-9,13H2,(H,14,15). The maximum absolute atomic E-state index is 11.8. The van der Waals surface area contributed by atoms with Gasteiger partial charge in [0.15, 0.2) is 0 Å². The zero-order valence-electron chi connectivity index (χ0n) is 9.78. The molecule has 0 bridgehead atoms. The van der Waals surface area contributed by atoms with E-state index in [0.717, 1.165) is 43.7 Å². The molecule has 0 aromatic carbocycles. The summed E-state index contributed by atoms with van der Waals surface area (Å²) in [7, 11) is 0. The van der Waals surface area contributed by atoms with Crippen molar-refractivity contribution in [2.45, 2.75) is 31.7 Å². The van der Waals surface area contributed by atoms with Crippen LogP contribution in [0.25, 0.3) is 0 Å². The van der Waals surface area contributed by atoms with E-state index in [1.807, 2.05) is 6.08 Å². The fourth-order valence-corrected chi connectivity index (χ4v) is 2.60. The summed E-state index contributed by atoms with van der Waals surface area (Å²) in [6.45, 7) is 4.41. The van der Waals surface area contributed by atoms with E-state index in [4.69, 9.17) is 5.73 Å². The summed E-state index contributed by atoms with van der Waals surface area (Å²) in [5.74, 6) is 2.24. The SMILES string of the molecule is C=CCSCCNC(=O)C1CCCC(N)C1. The molecule has 16 heavy (non-hydrogen) atoms. The minimum atomic E-state index is 0.146. The zero-order valence-corrected chi connectivity index (χ0v) is 10.6. The maximum atomic E-state index is 11.8. The Morgan fingerprint density at radius 2 is 2.38 bits per heavy atom. The van der Waals surface area contributed by atoms with Crippen molar-refractivity contribution < 1.29 is 4.79 Å². The highest BCUT2D eigenvalue weighted by Crippen LogP contribution is 2.22. The van der Waals surface area contributed by atoms with Crippen LogP contribution in [0.4, 0.5) is 0 Å². The molecule has 3 N–H and O–H groups in total. The highest BCUT2D eigenvalue weighted by Gasteiger charge is 2.24. The quantitative estimate of drug-likeness (QED) is 0.549. The average Bonchev–Trinajstić information content (AvgIpc) is 2.28. The molecule has 2 unspecified atom stereocenters. The lowest BCUT2D eigenvalue weighted by Gasteiger charge is -2.25. The second-order valence-electron chi connectivity index (χ2n) is 4.28. The van der Waals surface area contributed by atoms with Gasteiger partial charge in [0.1, 0.15) is 0 Å². The predicted molar refractivity (Wildman–Crippen MR) is 70.5 cm³/mol. The fourth-order valence-electron chi connectivity index (χ4n) is 2.02. The van der Waals surface area contributed by atoms with E-state index in [9.17, 15) is 4.79 Å². The lowest BCUT2D eigenvalue weighted by molar-refractivity contribution is -0.125. The summed E-state index contributed by atoms with van der Waals surface area (Å²) in [5, 5.41) is 2.98. The molecule has 1 fully saturated rings. The van der Waals surface area contributed by atoms with Gasteiger partial charge in [-0.25, -0.2) is 0 Å². The third kappa shape index (κ3) is 5.03. The summed E-state index contributed by atoms with van der Waals surface area (Å²) in [4.78, 5) is 11.8. The van der Waals surface area contributed by atoms with Crippen molar-refractivity contribution in [3.8, 4) is 0 Å². The van der Waals surface area contributed by atoms with Crippen LogP contribution in [-0.2, 0) is 4.79 Å². The van der Waals surface area contributed by atoms with Crippen LogP contribution >= 0.6 is 11.8 Å². The van der Waals surface area contributed by atoms with Gasteiger partial charge in [0.25, 0.3) is 0 Å². The molecule has 0 aliphatic heterocycles. The molecule has 2 atom stereocenters. The third-order valence-corrected chi connectivity index (χ3v) is 3.83. The minimum absolute atomic E-state index is 0.146. The normalized spacial score (nSPS) is 25.1. The fraction of sp³-hybridized carbons (Fsp3) is 0.750. The molecule has 1 aliphatic rings. The van der Waals surface area contributed by atoms with E-state index in [0.29, 0.717) is 0 Å². The summed E-state index contributed by atoms with van der Waals surface area (Å²) >= 11 is 1.78. The monoisotopic (exact) mass is 242 g/mol. The second-order valence-corrected chi connectivity index (χ2v) is 5.43. The number of hydrogen-bond donors (Lipinski definition) is 2. The molecule has 1 amide bonds. The molecule has 0 spiro atoms. The van der Waals surface area contributed by atoms with E-state index in [2.05, 4.69) is 11.9 Å². The van der Waals surface area contributed by atoms with E-state index >= 15 is 0 Å². The highest BCUT2D eigenvalue weighted by atomic mass is 32.2. The van der Waals surface area contributed by atoms with Crippen LogP contribution in [0, 0.1) is 5.92 Å². The molecule has 3 nitrogen and oxygen atoms in total. The van der Waals surface area contributed by atoms with Gasteiger partial charge in [-0.05, 0) is 19.3 Å². The Morgan fingerprint density at radius 1 is 1.56 bits per heavy atom. The molecule has 0 saturated heterocycles. The largest absolute Gasteiger partial charge is 0.355 e. The van der Waals surface area contributed by atoms with Crippen LogP contribution < -0.4 is 11.1 Å². The molecule has 1 saturated carbocycles. The van der Waals surface area contributed by atoms with Gasteiger partial charge in [-0.3, -0.25) is 4.79 Å². The van der Waals surface area contributed by atoms with E-state index < -0.39 is 0 Å². The number of thioether (sulfide) groups is 1. The molecule has 0 radical (unpaired) electrons. The van der Waals surface area contributed by atoms with Gasteiger partial charge < -0.3 is 11.1 Å². The molecule has 0 heterocycles. The topological polar surface area (TPSA) is 55.1 Å². The Bertz CT molecular complexity index is 233. The predicted octanol–water partition coefficient (Wildman–Crippen LogP) is 1.54. The van der Waals surface area contributed by atoms with Gasteiger partial charge in [0.05, 0.1) is 0 Å². The van der Waals surface area contributed by atoms with Crippen LogP contribution in [0.1, 0.15) is 25.7 Å². The van der Waals surface area contributed by atoms with E-state index in [1.165, 1.54) is 0 Å². The average molecular weight is 242 g/mol. The van der Waals surface area contributed by atoms with Crippen molar-refractivity contribution in [3.63, 3.8) is 0 Å². The van der Waals surface area contributed by atoms with Crippen LogP contribution in [0.3, 0.4) is 0 Å². The van der Waals surface area contributed by atoms with Crippen LogP contribution in [0.5, 0.6) is 0 Å². The number of rotatable bonds is 6. The lowest BCUT2D eigenvalue weighted by atomic mass is 9.85. The summed E-state index contributed by atoms with van der Waals surface area (Å²) in [6, 6.07) is 0.222. The van der Waals surface area contributed by atoms with Gasteiger partial charge in [0, 0.05) is 30.0 Å². The van der Waals surface area contributed by atoms with Gasteiger partial charge in [0.2, 0.25) is 5.91 Å². The lowest BCUT2D eigenvalue weighted by Crippen LogP contribution is -2.38. The van der Waals surface area contributed by atoms with Crippen molar-refractivity contribution >= 4 is 17.7 Å². The zero-order chi connectivity index (χ0) is 11.8.